The van der Waals surface area contributed by atoms with Crippen molar-refractivity contribution < 1.29 is 4.74 Å². The van der Waals surface area contributed by atoms with Crippen LogP contribution in [0, 0.1) is 0 Å². The van der Waals surface area contributed by atoms with Crippen LogP contribution in [0.4, 0.5) is 0 Å². The number of aliphatic imine (C=N–C) groups is 1. The summed E-state index contributed by atoms with van der Waals surface area (Å²) in [6.07, 6.45) is 3.56. The van der Waals surface area contributed by atoms with Gasteiger partial charge in [0.15, 0.2) is 5.96 Å². The van der Waals surface area contributed by atoms with Crippen LogP contribution >= 0.6 is 24.0 Å². The summed E-state index contributed by atoms with van der Waals surface area (Å²) in [5.41, 5.74) is 2.04. The number of pyridine rings is 1. The summed E-state index contributed by atoms with van der Waals surface area (Å²) in [7, 11) is 1.80. The lowest BCUT2D eigenvalue weighted by atomic mass is 9.90. The van der Waals surface area contributed by atoms with E-state index in [9.17, 15) is 0 Å². The van der Waals surface area contributed by atoms with Crippen LogP contribution in [0.2, 0.25) is 0 Å². The van der Waals surface area contributed by atoms with Crippen molar-refractivity contribution in [3.63, 3.8) is 0 Å². The molecule has 140 valence electrons. The maximum absolute atomic E-state index is 6.10. The number of nitrogens with zero attached hydrogens (tertiary/aromatic N) is 2. The molecule has 0 amide bonds. The second kappa shape index (κ2) is 9.21. The van der Waals surface area contributed by atoms with Gasteiger partial charge < -0.3 is 15.4 Å². The first-order chi connectivity index (χ1) is 12.1. The standard InChI is InChI=1S/C20H26N4O.HI/c1-20(2)14-17(16-9-4-5-10-18(16)25-20)24-19(21-3)23-13-11-15-8-6-7-12-22-15;/h4-10,12,17H,11,13-14H2,1-3H3,(H2,21,23,24);1H. The number of fused-ring (bicyclic) bond motifs is 1. The highest BCUT2D eigenvalue weighted by atomic mass is 127. The lowest BCUT2D eigenvalue weighted by Crippen LogP contribution is -2.45. The van der Waals surface area contributed by atoms with Crippen molar-refractivity contribution in [1.82, 2.24) is 15.6 Å². The van der Waals surface area contributed by atoms with E-state index in [1.54, 1.807) is 7.05 Å². The molecule has 0 saturated heterocycles. The molecule has 2 N–H and O–H groups in total. The van der Waals surface area contributed by atoms with Crippen LogP contribution in [0.5, 0.6) is 5.75 Å². The first kappa shape index (κ1) is 20.5. The predicted molar refractivity (Wildman–Crippen MR) is 116 cm³/mol. The van der Waals surface area contributed by atoms with Gasteiger partial charge in [0, 0.05) is 43.9 Å². The molecule has 0 fully saturated rings. The third-order valence-electron chi connectivity index (χ3n) is 4.31. The maximum Gasteiger partial charge on any atom is 0.191 e. The molecule has 6 heteroatoms. The Morgan fingerprint density at radius 2 is 2.00 bits per heavy atom. The lowest BCUT2D eigenvalue weighted by molar-refractivity contribution is 0.0694. The molecular weight excluding hydrogens is 439 g/mol. The van der Waals surface area contributed by atoms with Gasteiger partial charge in [-0.15, -0.1) is 24.0 Å². The molecule has 0 bridgehead atoms. The highest BCUT2D eigenvalue weighted by molar-refractivity contribution is 14.0. The Balaban J connectivity index is 0.00000243. The molecule has 0 saturated carbocycles. The molecule has 0 aliphatic carbocycles. The van der Waals surface area contributed by atoms with Crippen LogP contribution in [0.25, 0.3) is 0 Å². The van der Waals surface area contributed by atoms with Crippen molar-refractivity contribution in [1.29, 1.82) is 0 Å². The highest BCUT2D eigenvalue weighted by Crippen LogP contribution is 2.39. The quantitative estimate of drug-likeness (QED) is 0.410. The molecule has 1 aliphatic heterocycles. The summed E-state index contributed by atoms with van der Waals surface area (Å²) < 4.78 is 6.10. The molecule has 0 radical (unpaired) electrons. The van der Waals surface area contributed by atoms with Crippen LogP contribution in [0.3, 0.4) is 0 Å². The summed E-state index contributed by atoms with van der Waals surface area (Å²) >= 11 is 0. The second-order valence-electron chi connectivity index (χ2n) is 6.87. The number of rotatable bonds is 4. The van der Waals surface area contributed by atoms with Crippen molar-refractivity contribution in [3.05, 3.63) is 59.9 Å². The van der Waals surface area contributed by atoms with Crippen LogP contribution in [-0.2, 0) is 6.42 Å². The van der Waals surface area contributed by atoms with Gasteiger partial charge in [-0.3, -0.25) is 9.98 Å². The Morgan fingerprint density at radius 3 is 2.73 bits per heavy atom. The summed E-state index contributed by atoms with van der Waals surface area (Å²) in [6.45, 7) is 5.02. The number of guanidine groups is 1. The average Bonchev–Trinajstić information content (AvgIpc) is 2.60. The smallest absolute Gasteiger partial charge is 0.191 e. The Kier molecular flexibility index (Phi) is 7.25. The van der Waals surface area contributed by atoms with Gasteiger partial charge in [0.1, 0.15) is 11.4 Å². The van der Waals surface area contributed by atoms with Crippen LogP contribution in [0.1, 0.15) is 37.6 Å². The summed E-state index contributed by atoms with van der Waals surface area (Å²) in [6, 6.07) is 14.4. The minimum Gasteiger partial charge on any atom is -0.487 e. The fourth-order valence-corrected chi connectivity index (χ4v) is 3.15. The van der Waals surface area contributed by atoms with Crippen molar-refractivity contribution in [2.75, 3.05) is 13.6 Å². The van der Waals surface area contributed by atoms with E-state index in [2.05, 4.69) is 40.5 Å². The fraction of sp³-hybridized carbons (Fsp3) is 0.400. The average molecular weight is 466 g/mol. The minimum absolute atomic E-state index is 0. The Morgan fingerprint density at radius 1 is 1.23 bits per heavy atom. The Labute approximate surface area is 172 Å². The molecular formula is C20H27IN4O. The molecule has 1 aliphatic rings. The Hall–Kier alpha value is -1.83. The van der Waals surface area contributed by atoms with E-state index in [0.717, 1.165) is 36.8 Å². The van der Waals surface area contributed by atoms with Gasteiger partial charge in [0.25, 0.3) is 0 Å². The van der Waals surface area contributed by atoms with Crippen molar-refractivity contribution in [2.45, 2.75) is 38.3 Å². The van der Waals surface area contributed by atoms with Gasteiger partial charge in [-0.2, -0.15) is 0 Å². The third kappa shape index (κ3) is 5.33. The van der Waals surface area contributed by atoms with Gasteiger partial charge in [0.05, 0.1) is 6.04 Å². The number of hydrogen-bond donors (Lipinski definition) is 2. The summed E-state index contributed by atoms with van der Waals surface area (Å²) in [5.74, 6) is 1.74. The number of hydrogen-bond acceptors (Lipinski definition) is 3. The van der Waals surface area contributed by atoms with Gasteiger partial charge in [-0.05, 0) is 32.0 Å². The van der Waals surface area contributed by atoms with E-state index in [4.69, 9.17) is 4.74 Å². The zero-order valence-corrected chi connectivity index (χ0v) is 17.9. The largest absolute Gasteiger partial charge is 0.487 e. The third-order valence-corrected chi connectivity index (χ3v) is 4.31. The van der Waals surface area contributed by atoms with Gasteiger partial charge >= 0.3 is 0 Å². The van der Waals surface area contributed by atoms with E-state index in [1.807, 2.05) is 42.6 Å². The van der Waals surface area contributed by atoms with Gasteiger partial charge in [0.2, 0.25) is 0 Å². The first-order valence-corrected chi connectivity index (χ1v) is 8.72. The molecule has 1 atom stereocenters. The van der Waals surface area contributed by atoms with Gasteiger partial charge in [-0.25, -0.2) is 0 Å². The van der Waals surface area contributed by atoms with Crippen LogP contribution in [-0.4, -0.2) is 30.1 Å². The van der Waals surface area contributed by atoms with E-state index in [0.29, 0.717) is 0 Å². The van der Waals surface area contributed by atoms with E-state index < -0.39 is 0 Å². The van der Waals surface area contributed by atoms with Crippen LogP contribution in [0.15, 0.2) is 53.7 Å². The molecule has 1 unspecified atom stereocenters. The number of aromatic nitrogens is 1. The minimum atomic E-state index is -0.209. The number of para-hydroxylation sites is 1. The van der Waals surface area contributed by atoms with E-state index >= 15 is 0 Å². The zero-order valence-electron chi connectivity index (χ0n) is 15.5. The fourth-order valence-electron chi connectivity index (χ4n) is 3.15. The SMILES string of the molecule is CN=C(NCCc1ccccn1)NC1CC(C)(C)Oc2ccccc21.I. The molecule has 26 heavy (non-hydrogen) atoms. The second-order valence-corrected chi connectivity index (χ2v) is 6.87. The number of halogens is 1. The summed E-state index contributed by atoms with van der Waals surface area (Å²) in [4.78, 5) is 8.72. The Bertz CT molecular complexity index is 734. The topological polar surface area (TPSA) is 58.5 Å². The molecule has 5 nitrogen and oxygen atoms in total. The first-order valence-electron chi connectivity index (χ1n) is 8.72. The number of nitrogens with one attached hydrogen (secondary N) is 2. The number of ether oxygens (including phenoxy) is 1. The molecule has 3 rings (SSSR count). The molecule has 2 aromatic rings. The zero-order chi connectivity index (χ0) is 17.7. The maximum atomic E-state index is 6.10. The highest BCUT2D eigenvalue weighted by Gasteiger charge is 2.33. The number of benzene rings is 1. The lowest BCUT2D eigenvalue weighted by Gasteiger charge is -2.38. The summed E-state index contributed by atoms with van der Waals surface area (Å²) in [5, 5.41) is 6.92. The van der Waals surface area contributed by atoms with Crippen molar-refractivity contribution >= 4 is 29.9 Å². The van der Waals surface area contributed by atoms with Crippen molar-refractivity contribution in [3.8, 4) is 5.75 Å². The van der Waals surface area contributed by atoms with E-state index in [1.165, 1.54) is 5.56 Å². The van der Waals surface area contributed by atoms with E-state index in [-0.39, 0.29) is 35.6 Å². The molecule has 0 spiro atoms. The molecule has 1 aromatic carbocycles. The normalized spacial score (nSPS) is 18.1. The molecule has 2 heterocycles. The monoisotopic (exact) mass is 466 g/mol. The van der Waals surface area contributed by atoms with Crippen molar-refractivity contribution in [2.24, 2.45) is 4.99 Å². The van der Waals surface area contributed by atoms with Crippen LogP contribution < -0.4 is 15.4 Å². The molecule has 1 aromatic heterocycles. The predicted octanol–water partition coefficient (Wildman–Crippen LogP) is 3.71. The van der Waals surface area contributed by atoms with Gasteiger partial charge in [-0.1, -0.05) is 24.3 Å².